The summed E-state index contributed by atoms with van der Waals surface area (Å²) < 4.78 is 1.75. The molecule has 1 aromatic carbocycles. The number of hydrogen-bond acceptors (Lipinski definition) is 3. The molecule has 0 saturated carbocycles. The van der Waals surface area contributed by atoms with E-state index in [0.29, 0.717) is 5.02 Å². The molecule has 0 aliphatic carbocycles. The average molecular weight is 294 g/mol. The van der Waals surface area contributed by atoms with Crippen molar-refractivity contribution in [3.8, 4) is 5.75 Å². The second kappa shape index (κ2) is 5.54. The summed E-state index contributed by atoms with van der Waals surface area (Å²) in [6.07, 6.45) is 1.72. The van der Waals surface area contributed by atoms with E-state index in [1.165, 1.54) is 12.1 Å². The number of hydrogen-bond donors (Lipinski definition) is 2. The van der Waals surface area contributed by atoms with E-state index in [4.69, 9.17) is 11.6 Å². The molecule has 1 amide bonds. The highest BCUT2D eigenvalue weighted by Gasteiger charge is 2.17. The maximum absolute atomic E-state index is 12.1. The van der Waals surface area contributed by atoms with Gasteiger partial charge in [0, 0.05) is 23.3 Å². The minimum atomic E-state index is -0.352. The van der Waals surface area contributed by atoms with Gasteiger partial charge in [-0.2, -0.15) is 5.10 Å². The molecule has 0 spiro atoms. The molecular weight excluding hydrogens is 278 g/mol. The zero-order chi connectivity index (χ0) is 14.9. The fourth-order valence-electron chi connectivity index (χ4n) is 1.99. The van der Waals surface area contributed by atoms with Gasteiger partial charge in [-0.3, -0.25) is 9.48 Å². The Balaban J connectivity index is 2.17. The van der Waals surface area contributed by atoms with Crippen LogP contribution in [0.1, 0.15) is 34.6 Å². The summed E-state index contributed by atoms with van der Waals surface area (Å²) >= 11 is 5.74. The first-order valence-electron chi connectivity index (χ1n) is 6.18. The largest absolute Gasteiger partial charge is 0.507 e. The van der Waals surface area contributed by atoms with Crippen LogP contribution >= 0.6 is 11.6 Å². The van der Waals surface area contributed by atoms with E-state index >= 15 is 0 Å². The molecular formula is C14H16ClN3O2. The van der Waals surface area contributed by atoms with Crippen LogP contribution in [-0.2, 0) is 7.05 Å². The lowest BCUT2D eigenvalue weighted by molar-refractivity contribution is 0.0937. The number of carbonyl (C=O) groups excluding carboxylic acids is 1. The fraction of sp³-hybridized carbons (Fsp3) is 0.286. The van der Waals surface area contributed by atoms with Crippen molar-refractivity contribution >= 4 is 17.5 Å². The molecule has 0 fully saturated rings. The highest BCUT2D eigenvalue weighted by molar-refractivity contribution is 6.30. The Hall–Kier alpha value is -2.01. The Kier molecular flexibility index (Phi) is 3.99. The van der Waals surface area contributed by atoms with Crippen LogP contribution in [0, 0.1) is 6.92 Å². The molecule has 106 valence electrons. The average Bonchev–Trinajstić information content (AvgIpc) is 2.69. The molecule has 0 aliphatic rings. The van der Waals surface area contributed by atoms with Crippen molar-refractivity contribution in [2.45, 2.75) is 19.9 Å². The molecule has 0 radical (unpaired) electrons. The van der Waals surface area contributed by atoms with Crippen molar-refractivity contribution in [3.63, 3.8) is 0 Å². The number of halogens is 1. The third-order valence-corrected chi connectivity index (χ3v) is 3.53. The molecule has 1 heterocycles. The standard InChI is InChI=1S/C14H16ClN3O2/c1-8(12-7-16-18(3)9(12)2)17-14(20)11-5-4-10(15)6-13(11)19/h4-8,19H,1-3H3,(H,17,20). The van der Waals surface area contributed by atoms with Crippen LogP contribution < -0.4 is 5.32 Å². The summed E-state index contributed by atoms with van der Waals surface area (Å²) in [6, 6.07) is 4.20. The van der Waals surface area contributed by atoms with E-state index < -0.39 is 0 Å². The number of nitrogens with one attached hydrogen (secondary N) is 1. The van der Waals surface area contributed by atoms with E-state index in [9.17, 15) is 9.90 Å². The van der Waals surface area contributed by atoms with Crippen molar-refractivity contribution in [2.24, 2.45) is 7.05 Å². The van der Waals surface area contributed by atoms with E-state index in [0.717, 1.165) is 11.3 Å². The Morgan fingerprint density at radius 1 is 1.50 bits per heavy atom. The van der Waals surface area contributed by atoms with Gasteiger partial charge in [0.15, 0.2) is 0 Å². The molecule has 0 bridgehead atoms. The van der Waals surface area contributed by atoms with Crippen LogP contribution in [0.25, 0.3) is 0 Å². The maximum atomic E-state index is 12.1. The van der Waals surface area contributed by atoms with Crippen LogP contribution in [0.3, 0.4) is 0 Å². The number of aromatic nitrogens is 2. The van der Waals surface area contributed by atoms with Crippen molar-refractivity contribution in [1.29, 1.82) is 0 Å². The lowest BCUT2D eigenvalue weighted by Crippen LogP contribution is -2.27. The summed E-state index contributed by atoms with van der Waals surface area (Å²) in [5.41, 5.74) is 2.12. The molecule has 2 N–H and O–H groups in total. The summed E-state index contributed by atoms with van der Waals surface area (Å²) in [5, 5.41) is 17.1. The number of benzene rings is 1. The quantitative estimate of drug-likeness (QED) is 0.914. The highest BCUT2D eigenvalue weighted by Crippen LogP contribution is 2.23. The number of phenolic OH excluding ortho intramolecular Hbond substituents is 1. The van der Waals surface area contributed by atoms with Gasteiger partial charge in [0.05, 0.1) is 17.8 Å². The van der Waals surface area contributed by atoms with Gasteiger partial charge in [0.25, 0.3) is 5.91 Å². The third kappa shape index (κ3) is 2.77. The summed E-state index contributed by atoms with van der Waals surface area (Å²) in [7, 11) is 1.85. The maximum Gasteiger partial charge on any atom is 0.255 e. The first-order valence-corrected chi connectivity index (χ1v) is 6.56. The van der Waals surface area contributed by atoms with E-state index in [-0.39, 0.29) is 23.3 Å². The fourth-order valence-corrected chi connectivity index (χ4v) is 2.16. The van der Waals surface area contributed by atoms with Crippen molar-refractivity contribution in [3.05, 3.63) is 46.2 Å². The lowest BCUT2D eigenvalue weighted by Gasteiger charge is -2.14. The SMILES string of the molecule is Cc1c(C(C)NC(=O)c2ccc(Cl)cc2O)cnn1C. The zero-order valence-electron chi connectivity index (χ0n) is 11.5. The molecule has 1 atom stereocenters. The van der Waals surface area contributed by atoms with Crippen molar-refractivity contribution in [1.82, 2.24) is 15.1 Å². The molecule has 5 nitrogen and oxygen atoms in total. The lowest BCUT2D eigenvalue weighted by atomic mass is 10.1. The van der Waals surface area contributed by atoms with Gasteiger partial charge in [0.2, 0.25) is 0 Å². The van der Waals surface area contributed by atoms with Crippen LogP contribution in [-0.4, -0.2) is 20.8 Å². The zero-order valence-corrected chi connectivity index (χ0v) is 12.3. The van der Waals surface area contributed by atoms with E-state index in [2.05, 4.69) is 10.4 Å². The smallest absolute Gasteiger partial charge is 0.255 e. The second-order valence-electron chi connectivity index (χ2n) is 4.67. The number of aryl methyl sites for hydroxylation is 1. The van der Waals surface area contributed by atoms with Crippen LogP contribution in [0.2, 0.25) is 5.02 Å². The summed E-state index contributed by atoms with van der Waals surface area (Å²) in [6.45, 7) is 3.81. The topological polar surface area (TPSA) is 67.2 Å². The molecule has 1 aromatic heterocycles. The highest BCUT2D eigenvalue weighted by atomic mass is 35.5. The number of aromatic hydroxyl groups is 1. The number of nitrogens with zero attached hydrogens (tertiary/aromatic N) is 2. The Morgan fingerprint density at radius 3 is 2.75 bits per heavy atom. The van der Waals surface area contributed by atoms with Gasteiger partial charge in [-0.15, -0.1) is 0 Å². The van der Waals surface area contributed by atoms with E-state index in [1.807, 2.05) is 20.9 Å². The van der Waals surface area contributed by atoms with Crippen molar-refractivity contribution < 1.29 is 9.90 Å². The van der Waals surface area contributed by atoms with Gasteiger partial charge in [-0.25, -0.2) is 0 Å². The van der Waals surface area contributed by atoms with Crippen LogP contribution in [0.5, 0.6) is 5.75 Å². The predicted molar refractivity (Wildman–Crippen MR) is 76.9 cm³/mol. The predicted octanol–water partition coefficient (Wildman–Crippen LogP) is 2.58. The van der Waals surface area contributed by atoms with Crippen LogP contribution in [0.4, 0.5) is 0 Å². The number of rotatable bonds is 3. The van der Waals surface area contributed by atoms with Gasteiger partial charge in [0.1, 0.15) is 5.75 Å². The van der Waals surface area contributed by atoms with Gasteiger partial charge in [-0.05, 0) is 32.0 Å². The Morgan fingerprint density at radius 2 is 2.20 bits per heavy atom. The Bertz CT molecular complexity index is 652. The normalized spacial score (nSPS) is 12.2. The molecule has 1 unspecified atom stereocenters. The van der Waals surface area contributed by atoms with Crippen molar-refractivity contribution in [2.75, 3.05) is 0 Å². The second-order valence-corrected chi connectivity index (χ2v) is 5.10. The third-order valence-electron chi connectivity index (χ3n) is 3.29. The minimum absolute atomic E-state index is 0.134. The Labute approximate surface area is 122 Å². The number of amides is 1. The molecule has 2 aromatic rings. The van der Waals surface area contributed by atoms with Gasteiger partial charge in [-0.1, -0.05) is 11.6 Å². The van der Waals surface area contributed by atoms with E-state index in [1.54, 1.807) is 16.9 Å². The first kappa shape index (κ1) is 14.4. The molecule has 0 aliphatic heterocycles. The minimum Gasteiger partial charge on any atom is -0.507 e. The number of carbonyl (C=O) groups is 1. The molecule has 2 rings (SSSR count). The van der Waals surface area contributed by atoms with Crippen LogP contribution in [0.15, 0.2) is 24.4 Å². The molecule has 0 saturated heterocycles. The summed E-state index contributed by atoms with van der Waals surface area (Å²) in [4.78, 5) is 12.1. The first-order chi connectivity index (χ1) is 9.40. The monoisotopic (exact) mass is 293 g/mol. The molecule has 20 heavy (non-hydrogen) atoms. The van der Waals surface area contributed by atoms with Gasteiger partial charge >= 0.3 is 0 Å². The van der Waals surface area contributed by atoms with Gasteiger partial charge < -0.3 is 10.4 Å². The summed E-state index contributed by atoms with van der Waals surface area (Å²) in [5.74, 6) is -0.486. The number of phenols is 1. The molecule has 6 heteroatoms.